The number of aliphatic imine (C=N–C) groups is 1. The van der Waals surface area contributed by atoms with Crippen molar-refractivity contribution in [3.8, 4) is 5.75 Å². The number of aryl methyl sites for hydroxylation is 1. The normalized spacial score (nSPS) is 10.9. The second-order valence-electron chi connectivity index (χ2n) is 5.37. The molecule has 0 heterocycles. The number of benzene rings is 1. The molecule has 1 rings (SSSR count). The van der Waals surface area contributed by atoms with E-state index < -0.39 is 0 Å². The van der Waals surface area contributed by atoms with E-state index in [9.17, 15) is 0 Å². The molecule has 0 bridgehead atoms. The van der Waals surface area contributed by atoms with Gasteiger partial charge in [0.15, 0.2) is 5.96 Å². The van der Waals surface area contributed by atoms with Gasteiger partial charge in [-0.15, -0.1) is 24.0 Å². The van der Waals surface area contributed by atoms with Gasteiger partial charge >= 0.3 is 0 Å². The Morgan fingerprint density at radius 2 is 2.00 bits per heavy atom. The first-order valence-electron chi connectivity index (χ1n) is 7.75. The molecule has 6 heteroatoms. The molecule has 0 spiro atoms. The predicted molar refractivity (Wildman–Crippen MR) is 107 cm³/mol. The number of nitrogens with one attached hydrogen (secondary N) is 1. The molecule has 1 N–H and O–H groups in total. The van der Waals surface area contributed by atoms with Gasteiger partial charge in [0, 0.05) is 46.3 Å². The molecule has 0 saturated heterocycles. The van der Waals surface area contributed by atoms with Crippen molar-refractivity contribution in [2.24, 2.45) is 4.99 Å². The third-order valence-corrected chi connectivity index (χ3v) is 3.13. The van der Waals surface area contributed by atoms with Gasteiger partial charge in [0.1, 0.15) is 5.75 Å². The molecular formula is C17H30IN3O2. The van der Waals surface area contributed by atoms with Gasteiger partial charge < -0.3 is 19.7 Å². The third-order valence-electron chi connectivity index (χ3n) is 3.13. The van der Waals surface area contributed by atoms with Crippen LogP contribution in [-0.2, 0) is 11.3 Å². The lowest BCUT2D eigenvalue weighted by Gasteiger charge is -2.17. The molecule has 132 valence electrons. The average molecular weight is 435 g/mol. The molecule has 0 fully saturated rings. The SMILES string of the molecule is CCNC(=NCc1ccc(C)cc1OCCCOC)N(C)C.I. The van der Waals surface area contributed by atoms with E-state index in [1.807, 2.05) is 19.0 Å². The highest BCUT2D eigenvalue weighted by atomic mass is 127. The molecule has 0 aliphatic carbocycles. The number of ether oxygens (including phenoxy) is 2. The van der Waals surface area contributed by atoms with Crippen LogP contribution in [0.25, 0.3) is 0 Å². The van der Waals surface area contributed by atoms with Gasteiger partial charge in [-0.25, -0.2) is 4.99 Å². The minimum Gasteiger partial charge on any atom is -0.493 e. The van der Waals surface area contributed by atoms with Crippen LogP contribution in [0.3, 0.4) is 0 Å². The zero-order chi connectivity index (χ0) is 16.4. The van der Waals surface area contributed by atoms with E-state index in [2.05, 4.69) is 42.4 Å². The molecule has 23 heavy (non-hydrogen) atoms. The van der Waals surface area contributed by atoms with Crippen molar-refractivity contribution in [3.05, 3.63) is 29.3 Å². The third kappa shape index (κ3) is 8.41. The topological polar surface area (TPSA) is 46.1 Å². The van der Waals surface area contributed by atoms with Gasteiger partial charge in [0.25, 0.3) is 0 Å². The highest BCUT2D eigenvalue weighted by Crippen LogP contribution is 2.21. The molecule has 1 aromatic rings. The number of halogens is 1. The number of nitrogens with zero attached hydrogens (tertiary/aromatic N) is 2. The van der Waals surface area contributed by atoms with Crippen LogP contribution >= 0.6 is 24.0 Å². The largest absolute Gasteiger partial charge is 0.493 e. The van der Waals surface area contributed by atoms with E-state index in [-0.39, 0.29) is 24.0 Å². The first-order valence-corrected chi connectivity index (χ1v) is 7.75. The van der Waals surface area contributed by atoms with Crippen LogP contribution in [0.2, 0.25) is 0 Å². The summed E-state index contributed by atoms with van der Waals surface area (Å²) in [5, 5.41) is 3.26. The van der Waals surface area contributed by atoms with E-state index >= 15 is 0 Å². The lowest BCUT2D eigenvalue weighted by Crippen LogP contribution is -2.36. The Hall–Kier alpha value is -1.02. The molecule has 0 saturated carbocycles. The fourth-order valence-electron chi connectivity index (χ4n) is 1.99. The van der Waals surface area contributed by atoms with E-state index in [0.29, 0.717) is 19.8 Å². The first kappa shape index (κ1) is 22.0. The molecule has 0 amide bonds. The Kier molecular flexibility index (Phi) is 11.9. The summed E-state index contributed by atoms with van der Waals surface area (Å²) in [6, 6.07) is 6.25. The van der Waals surface area contributed by atoms with Gasteiger partial charge in [-0.3, -0.25) is 0 Å². The molecular weight excluding hydrogens is 405 g/mol. The molecule has 0 aromatic heterocycles. The summed E-state index contributed by atoms with van der Waals surface area (Å²) >= 11 is 0. The maximum Gasteiger partial charge on any atom is 0.193 e. The van der Waals surface area contributed by atoms with Crippen molar-refractivity contribution < 1.29 is 9.47 Å². The number of hydrogen-bond donors (Lipinski definition) is 1. The van der Waals surface area contributed by atoms with E-state index in [4.69, 9.17) is 9.47 Å². The minimum atomic E-state index is 0. The van der Waals surface area contributed by atoms with Crippen molar-refractivity contribution in [3.63, 3.8) is 0 Å². The summed E-state index contributed by atoms with van der Waals surface area (Å²) < 4.78 is 10.9. The number of guanidine groups is 1. The minimum absolute atomic E-state index is 0. The summed E-state index contributed by atoms with van der Waals surface area (Å²) in [6.07, 6.45) is 0.882. The molecule has 0 aliphatic heterocycles. The van der Waals surface area contributed by atoms with E-state index in [1.165, 1.54) is 5.56 Å². The van der Waals surface area contributed by atoms with Crippen LogP contribution < -0.4 is 10.1 Å². The summed E-state index contributed by atoms with van der Waals surface area (Å²) in [5.74, 6) is 1.79. The summed E-state index contributed by atoms with van der Waals surface area (Å²) in [5.41, 5.74) is 2.29. The lowest BCUT2D eigenvalue weighted by molar-refractivity contribution is 0.172. The fraction of sp³-hybridized carbons (Fsp3) is 0.588. The number of rotatable bonds is 8. The van der Waals surface area contributed by atoms with Crippen LogP contribution in [0.5, 0.6) is 5.75 Å². The summed E-state index contributed by atoms with van der Waals surface area (Å²) in [4.78, 5) is 6.63. The zero-order valence-electron chi connectivity index (χ0n) is 14.9. The van der Waals surface area contributed by atoms with Gasteiger partial charge in [-0.1, -0.05) is 12.1 Å². The van der Waals surface area contributed by atoms with Crippen LogP contribution in [0.1, 0.15) is 24.5 Å². The van der Waals surface area contributed by atoms with Gasteiger partial charge in [0.2, 0.25) is 0 Å². The Morgan fingerprint density at radius 1 is 1.26 bits per heavy atom. The van der Waals surface area contributed by atoms with Crippen molar-refractivity contribution in [2.75, 3.05) is 41.0 Å². The second kappa shape index (κ2) is 12.4. The molecule has 0 aliphatic rings. The van der Waals surface area contributed by atoms with Crippen molar-refractivity contribution in [1.82, 2.24) is 10.2 Å². The standard InChI is InChI=1S/C17H29N3O2.HI/c1-6-18-17(20(3)4)19-13-15-9-8-14(2)12-16(15)22-11-7-10-21-5;/h8-9,12H,6-7,10-11,13H2,1-5H3,(H,18,19);1H. The molecule has 5 nitrogen and oxygen atoms in total. The zero-order valence-corrected chi connectivity index (χ0v) is 17.2. The van der Waals surface area contributed by atoms with Crippen molar-refractivity contribution >= 4 is 29.9 Å². The quantitative estimate of drug-likeness (QED) is 0.295. The Balaban J connectivity index is 0.00000484. The fourth-order valence-corrected chi connectivity index (χ4v) is 1.99. The molecule has 0 unspecified atom stereocenters. The average Bonchev–Trinajstić information content (AvgIpc) is 2.49. The maximum absolute atomic E-state index is 5.89. The smallest absolute Gasteiger partial charge is 0.193 e. The first-order chi connectivity index (χ1) is 10.6. The highest BCUT2D eigenvalue weighted by Gasteiger charge is 2.06. The molecule has 0 atom stereocenters. The van der Waals surface area contributed by atoms with E-state index in [0.717, 1.165) is 30.2 Å². The predicted octanol–water partition coefficient (Wildman–Crippen LogP) is 3.06. The van der Waals surface area contributed by atoms with Crippen LogP contribution in [0, 0.1) is 6.92 Å². The summed E-state index contributed by atoms with van der Waals surface area (Å²) in [7, 11) is 5.67. The molecule has 0 radical (unpaired) electrons. The Morgan fingerprint density at radius 3 is 2.61 bits per heavy atom. The Labute approximate surface area is 157 Å². The number of hydrogen-bond acceptors (Lipinski definition) is 3. The monoisotopic (exact) mass is 435 g/mol. The second-order valence-corrected chi connectivity index (χ2v) is 5.37. The lowest BCUT2D eigenvalue weighted by atomic mass is 10.1. The highest BCUT2D eigenvalue weighted by molar-refractivity contribution is 14.0. The van der Waals surface area contributed by atoms with Crippen LogP contribution in [-0.4, -0.2) is 51.8 Å². The van der Waals surface area contributed by atoms with E-state index in [1.54, 1.807) is 7.11 Å². The van der Waals surface area contributed by atoms with Crippen molar-refractivity contribution in [2.45, 2.75) is 26.8 Å². The van der Waals surface area contributed by atoms with Crippen LogP contribution in [0.4, 0.5) is 0 Å². The van der Waals surface area contributed by atoms with Crippen LogP contribution in [0.15, 0.2) is 23.2 Å². The number of methoxy groups -OCH3 is 1. The van der Waals surface area contributed by atoms with Gasteiger partial charge in [0.05, 0.1) is 13.2 Å². The van der Waals surface area contributed by atoms with Crippen molar-refractivity contribution in [1.29, 1.82) is 0 Å². The Bertz CT molecular complexity index is 479. The summed E-state index contributed by atoms with van der Waals surface area (Å²) in [6.45, 7) is 6.95. The molecule has 1 aromatic carbocycles. The van der Waals surface area contributed by atoms with Gasteiger partial charge in [-0.2, -0.15) is 0 Å². The van der Waals surface area contributed by atoms with Gasteiger partial charge in [-0.05, 0) is 25.5 Å². The maximum atomic E-state index is 5.89.